The van der Waals surface area contributed by atoms with Gasteiger partial charge in [0.05, 0.1) is 0 Å². The largest absolute Gasteiger partial charge is 0.573 e. The number of alkyl halides is 6. The highest BCUT2D eigenvalue weighted by atomic mass is 19.4. The summed E-state index contributed by atoms with van der Waals surface area (Å²) in [5.74, 6) is -0.578. The molecule has 2 nitrogen and oxygen atoms in total. The molecule has 0 saturated heterocycles. The van der Waals surface area contributed by atoms with E-state index in [4.69, 9.17) is 0 Å². The number of hydrogen-bond acceptors (Lipinski definition) is 1. The molecule has 98 valence electrons. The predicted octanol–water partition coefficient (Wildman–Crippen LogP) is 4.09. The average molecular weight is 269 g/mol. The van der Waals surface area contributed by atoms with Gasteiger partial charge in [-0.3, -0.25) is 0 Å². The first-order chi connectivity index (χ1) is 8.15. The normalized spacial score (nSPS) is 13.0. The lowest BCUT2D eigenvalue weighted by atomic mass is 10.2. The summed E-state index contributed by atoms with van der Waals surface area (Å²) in [5.41, 5.74) is -1.11. The lowest BCUT2D eigenvalue weighted by Gasteiger charge is -2.08. The van der Waals surface area contributed by atoms with Crippen LogP contribution < -0.4 is 4.74 Å². The zero-order chi connectivity index (χ0) is 13.6. The van der Waals surface area contributed by atoms with Gasteiger partial charge >= 0.3 is 12.5 Å². The van der Waals surface area contributed by atoms with Gasteiger partial charge < -0.3 is 9.72 Å². The van der Waals surface area contributed by atoms with Crippen molar-refractivity contribution in [1.29, 1.82) is 0 Å². The van der Waals surface area contributed by atoms with Crippen LogP contribution in [0.5, 0.6) is 5.75 Å². The lowest BCUT2D eigenvalue weighted by Crippen LogP contribution is -2.16. The Kier molecular flexibility index (Phi) is 2.67. The maximum absolute atomic E-state index is 12.4. The smallest absolute Gasteiger partial charge is 0.406 e. The van der Waals surface area contributed by atoms with Gasteiger partial charge in [0.2, 0.25) is 0 Å². The molecule has 0 aliphatic rings. The highest BCUT2D eigenvalue weighted by Gasteiger charge is 2.33. The first kappa shape index (κ1) is 12.6. The molecule has 18 heavy (non-hydrogen) atoms. The molecule has 1 N–H and O–H groups in total. The van der Waals surface area contributed by atoms with E-state index in [0.717, 1.165) is 24.3 Å². The van der Waals surface area contributed by atoms with Gasteiger partial charge in [0, 0.05) is 17.0 Å². The average Bonchev–Trinajstić information content (AvgIpc) is 2.57. The highest BCUT2D eigenvalue weighted by molar-refractivity contribution is 5.82. The number of rotatable bonds is 1. The van der Waals surface area contributed by atoms with E-state index in [1.807, 2.05) is 4.98 Å². The fourth-order valence-electron chi connectivity index (χ4n) is 1.46. The highest BCUT2D eigenvalue weighted by Crippen LogP contribution is 2.33. The molecule has 0 saturated carbocycles. The van der Waals surface area contributed by atoms with Gasteiger partial charge in [0.1, 0.15) is 11.4 Å². The zero-order valence-corrected chi connectivity index (χ0v) is 8.49. The summed E-state index contributed by atoms with van der Waals surface area (Å²) in [6.45, 7) is 0. The monoisotopic (exact) mass is 269 g/mol. The summed E-state index contributed by atoms with van der Waals surface area (Å²) in [6, 6.07) is 3.73. The molecule has 0 fully saturated rings. The fraction of sp³-hybridized carbons (Fsp3) is 0.200. The van der Waals surface area contributed by atoms with Gasteiger partial charge in [-0.05, 0) is 18.2 Å². The Labute approximate surface area is 96.2 Å². The number of nitrogens with one attached hydrogen (secondary N) is 1. The third-order valence-electron chi connectivity index (χ3n) is 2.13. The summed E-state index contributed by atoms with van der Waals surface area (Å²) in [6.07, 6.45) is -9.46. The number of aromatic amines is 1. The summed E-state index contributed by atoms with van der Waals surface area (Å²) in [5, 5.41) is 0.150. The van der Waals surface area contributed by atoms with E-state index in [2.05, 4.69) is 4.74 Å². The molecule has 0 spiro atoms. The van der Waals surface area contributed by atoms with Crippen molar-refractivity contribution in [2.75, 3.05) is 0 Å². The number of benzene rings is 1. The van der Waals surface area contributed by atoms with Crippen LogP contribution in [0, 0.1) is 0 Å². The summed E-state index contributed by atoms with van der Waals surface area (Å²) in [4.78, 5) is 1.99. The molecule has 1 heterocycles. The van der Waals surface area contributed by atoms with E-state index in [0.29, 0.717) is 0 Å². The maximum Gasteiger partial charge on any atom is 0.573 e. The molecular weight excluding hydrogens is 264 g/mol. The van der Waals surface area contributed by atoms with Crippen molar-refractivity contribution < 1.29 is 31.1 Å². The van der Waals surface area contributed by atoms with Crippen molar-refractivity contribution in [3.63, 3.8) is 0 Å². The first-order valence-corrected chi connectivity index (χ1v) is 4.61. The molecular formula is C10H5F6NO. The predicted molar refractivity (Wildman–Crippen MR) is 50.0 cm³/mol. The van der Waals surface area contributed by atoms with Crippen LogP contribution in [-0.2, 0) is 6.18 Å². The fourth-order valence-corrected chi connectivity index (χ4v) is 1.46. The van der Waals surface area contributed by atoms with Crippen LogP contribution in [0.1, 0.15) is 5.69 Å². The van der Waals surface area contributed by atoms with Crippen molar-refractivity contribution in [1.82, 2.24) is 4.98 Å². The molecule has 0 amide bonds. The van der Waals surface area contributed by atoms with Gasteiger partial charge in [0.25, 0.3) is 0 Å². The van der Waals surface area contributed by atoms with Crippen molar-refractivity contribution in [2.45, 2.75) is 12.5 Å². The molecule has 2 rings (SSSR count). The van der Waals surface area contributed by atoms with E-state index in [9.17, 15) is 26.3 Å². The van der Waals surface area contributed by atoms with Gasteiger partial charge in [0.15, 0.2) is 0 Å². The molecule has 0 unspecified atom stereocenters. The molecule has 8 heteroatoms. The van der Waals surface area contributed by atoms with E-state index in [1.165, 1.54) is 0 Å². The van der Waals surface area contributed by atoms with Crippen LogP contribution in [0.15, 0.2) is 24.3 Å². The molecule has 2 aromatic rings. The number of H-pyrrole nitrogens is 1. The third-order valence-corrected chi connectivity index (χ3v) is 2.13. The van der Waals surface area contributed by atoms with Gasteiger partial charge in [-0.1, -0.05) is 0 Å². The minimum absolute atomic E-state index is 0.0796. The number of aromatic nitrogens is 1. The number of ether oxygens (including phenoxy) is 1. The Morgan fingerprint density at radius 1 is 0.944 bits per heavy atom. The quantitative estimate of drug-likeness (QED) is 0.775. The third kappa shape index (κ3) is 2.69. The second-order valence-corrected chi connectivity index (χ2v) is 3.48. The van der Waals surface area contributed by atoms with Crippen LogP contribution in [0.25, 0.3) is 10.9 Å². The Morgan fingerprint density at radius 3 is 2.17 bits per heavy atom. The standard InChI is InChI=1S/C10H5F6NO/c11-9(12,13)8-3-5-1-2-6(4-7(5)17-8)18-10(14,15)16/h1-4,17H. The number of halogens is 6. The molecule has 0 aliphatic carbocycles. The first-order valence-electron chi connectivity index (χ1n) is 4.61. The minimum Gasteiger partial charge on any atom is -0.406 e. The summed E-state index contributed by atoms with van der Waals surface area (Å²) in [7, 11) is 0. The number of fused-ring (bicyclic) bond motifs is 1. The van der Waals surface area contributed by atoms with E-state index < -0.39 is 24.0 Å². The van der Waals surface area contributed by atoms with Gasteiger partial charge in [-0.15, -0.1) is 13.2 Å². The second kappa shape index (κ2) is 3.82. The molecule has 1 aromatic heterocycles. The van der Waals surface area contributed by atoms with Crippen LogP contribution in [0.2, 0.25) is 0 Å². The zero-order valence-electron chi connectivity index (χ0n) is 8.49. The van der Waals surface area contributed by atoms with Crippen molar-refractivity contribution in [3.8, 4) is 5.75 Å². The van der Waals surface area contributed by atoms with Crippen LogP contribution in [0.3, 0.4) is 0 Å². The van der Waals surface area contributed by atoms with Gasteiger partial charge in [-0.25, -0.2) is 0 Å². The van der Waals surface area contributed by atoms with Crippen molar-refractivity contribution in [3.05, 3.63) is 30.0 Å². The van der Waals surface area contributed by atoms with Crippen LogP contribution >= 0.6 is 0 Å². The molecule has 1 aromatic carbocycles. The Balaban J connectivity index is 2.40. The lowest BCUT2D eigenvalue weighted by molar-refractivity contribution is -0.274. The number of hydrogen-bond donors (Lipinski definition) is 1. The van der Waals surface area contributed by atoms with Crippen molar-refractivity contribution in [2.24, 2.45) is 0 Å². The van der Waals surface area contributed by atoms with Crippen LogP contribution in [0.4, 0.5) is 26.3 Å². The molecule has 0 radical (unpaired) electrons. The Morgan fingerprint density at radius 2 is 1.61 bits per heavy atom. The molecule has 0 atom stereocenters. The Hall–Kier alpha value is -1.86. The molecule has 0 bridgehead atoms. The van der Waals surface area contributed by atoms with E-state index in [-0.39, 0.29) is 10.9 Å². The van der Waals surface area contributed by atoms with Crippen molar-refractivity contribution >= 4 is 10.9 Å². The second-order valence-electron chi connectivity index (χ2n) is 3.48. The van der Waals surface area contributed by atoms with E-state index in [1.54, 1.807) is 0 Å². The maximum atomic E-state index is 12.4. The van der Waals surface area contributed by atoms with E-state index >= 15 is 0 Å². The molecule has 0 aliphatic heterocycles. The SMILES string of the molecule is FC(F)(F)Oc1ccc2cc(C(F)(F)F)[nH]c2c1. The summed E-state index contributed by atoms with van der Waals surface area (Å²) >= 11 is 0. The minimum atomic E-state index is -4.88. The van der Waals surface area contributed by atoms with Gasteiger partial charge in [-0.2, -0.15) is 13.2 Å². The Bertz CT molecular complexity index is 568. The van der Waals surface area contributed by atoms with Crippen LogP contribution in [-0.4, -0.2) is 11.3 Å². The topological polar surface area (TPSA) is 25.0 Å². The summed E-state index contributed by atoms with van der Waals surface area (Å²) < 4.78 is 76.4.